The smallest absolute Gasteiger partial charge is 0.293 e. The standard InChI is InChI=1S/C14H20N4O3/c1-15-7-2-8-16-14(19)10-3-6-12(17-11-4-5-11)13(9-10)18(20)21/h3,6,9,11,15,17H,2,4-5,7-8H2,1H3,(H,16,19). The van der Waals surface area contributed by atoms with Gasteiger partial charge in [-0.05, 0) is 45.0 Å². The van der Waals surface area contributed by atoms with Gasteiger partial charge in [-0.1, -0.05) is 0 Å². The van der Waals surface area contributed by atoms with E-state index in [0.717, 1.165) is 25.8 Å². The third-order valence-corrected chi connectivity index (χ3v) is 3.28. The zero-order valence-electron chi connectivity index (χ0n) is 12.0. The van der Waals surface area contributed by atoms with Crippen molar-refractivity contribution < 1.29 is 9.72 Å². The molecule has 3 N–H and O–H groups in total. The fourth-order valence-electron chi connectivity index (χ4n) is 1.96. The highest BCUT2D eigenvalue weighted by Crippen LogP contribution is 2.31. The van der Waals surface area contributed by atoms with Crippen molar-refractivity contribution in [3.05, 3.63) is 33.9 Å². The summed E-state index contributed by atoms with van der Waals surface area (Å²) in [6.07, 6.45) is 2.88. The van der Waals surface area contributed by atoms with Crippen LogP contribution in [0.3, 0.4) is 0 Å². The zero-order valence-corrected chi connectivity index (χ0v) is 12.0. The number of hydrogen-bond donors (Lipinski definition) is 3. The summed E-state index contributed by atoms with van der Waals surface area (Å²) < 4.78 is 0. The third-order valence-electron chi connectivity index (χ3n) is 3.28. The van der Waals surface area contributed by atoms with Crippen LogP contribution >= 0.6 is 0 Å². The Hall–Kier alpha value is -2.15. The number of anilines is 1. The maximum Gasteiger partial charge on any atom is 0.293 e. The monoisotopic (exact) mass is 292 g/mol. The summed E-state index contributed by atoms with van der Waals surface area (Å²) >= 11 is 0. The van der Waals surface area contributed by atoms with Crippen LogP contribution in [0.25, 0.3) is 0 Å². The van der Waals surface area contributed by atoms with Gasteiger partial charge in [0.25, 0.3) is 11.6 Å². The fraction of sp³-hybridized carbons (Fsp3) is 0.500. The van der Waals surface area contributed by atoms with Crippen LogP contribution in [0.1, 0.15) is 29.6 Å². The minimum atomic E-state index is -0.456. The molecule has 1 fully saturated rings. The van der Waals surface area contributed by atoms with E-state index in [-0.39, 0.29) is 11.6 Å². The Kier molecular flexibility index (Phi) is 5.10. The van der Waals surface area contributed by atoms with Gasteiger partial charge < -0.3 is 16.0 Å². The number of rotatable bonds is 8. The molecule has 7 nitrogen and oxygen atoms in total. The Morgan fingerprint density at radius 1 is 1.38 bits per heavy atom. The fourth-order valence-corrected chi connectivity index (χ4v) is 1.96. The van der Waals surface area contributed by atoms with Crippen molar-refractivity contribution in [2.24, 2.45) is 0 Å². The van der Waals surface area contributed by atoms with Crippen LogP contribution in [0.4, 0.5) is 11.4 Å². The van der Waals surface area contributed by atoms with E-state index in [9.17, 15) is 14.9 Å². The van der Waals surface area contributed by atoms with Gasteiger partial charge >= 0.3 is 0 Å². The number of nitro benzene ring substituents is 1. The van der Waals surface area contributed by atoms with E-state index in [2.05, 4.69) is 16.0 Å². The maximum absolute atomic E-state index is 12.0. The topological polar surface area (TPSA) is 96.3 Å². The van der Waals surface area contributed by atoms with Crippen molar-refractivity contribution in [2.45, 2.75) is 25.3 Å². The molecule has 1 amide bonds. The van der Waals surface area contributed by atoms with Crippen molar-refractivity contribution in [1.29, 1.82) is 0 Å². The number of amides is 1. The Morgan fingerprint density at radius 2 is 2.14 bits per heavy atom. The Labute approximate surface area is 123 Å². The van der Waals surface area contributed by atoms with Crippen LogP contribution in [0.2, 0.25) is 0 Å². The lowest BCUT2D eigenvalue weighted by atomic mass is 10.1. The second-order valence-electron chi connectivity index (χ2n) is 5.12. The first kappa shape index (κ1) is 15.2. The van der Waals surface area contributed by atoms with Gasteiger partial charge in [0.1, 0.15) is 5.69 Å². The molecule has 21 heavy (non-hydrogen) atoms. The molecule has 0 bridgehead atoms. The second kappa shape index (κ2) is 7.03. The molecule has 114 valence electrons. The SMILES string of the molecule is CNCCCNC(=O)c1ccc(NC2CC2)c([N+](=O)[O-])c1. The van der Waals surface area contributed by atoms with E-state index in [4.69, 9.17) is 0 Å². The number of nitro groups is 1. The molecular formula is C14H20N4O3. The molecule has 1 aromatic carbocycles. The quantitative estimate of drug-likeness (QED) is 0.383. The lowest BCUT2D eigenvalue weighted by Crippen LogP contribution is -2.26. The van der Waals surface area contributed by atoms with Gasteiger partial charge in [-0.3, -0.25) is 14.9 Å². The number of carbonyl (C=O) groups excluding carboxylic acids is 1. The molecule has 0 radical (unpaired) electrons. The number of benzene rings is 1. The molecule has 1 aliphatic carbocycles. The van der Waals surface area contributed by atoms with E-state index >= 15 is 0 Å². The summed E-state index contributed by atoms with van der Waals surface area (Å²) in [4.78, 5) is 22.6. The molecule has 2 rings (SSSR count). The molecule has 0 spiro atoms. The lowest BCUT2D eigenvalue weighted by molar-refractivity contribution is -0.384. The summed E-state index contributed by atoms with van der Waals surface area (Å²) in [7, 11) is 1.84. The molecule has 1 aromatic rings. The predicted octanol–water partition coefficient (Wildman–Crippen LogP) is 1.51. The molecule has 1 aliphatic rings. The number of nitrogens with one attached hydrogen (secondary N) is 3. The minimum Gasteiger partial charge on any atom is -0.377 e. The van der Waals surface area contributed by atoms with E-state index < -0.39 is 4.92 Å². The van der Waals surface area contributed by atoms with E-state index in [1.54, 1.807) is 12.1 Å². The zero-order chi connectivity index (χ0) is 15.2. The summed E-state index contributed by atoms with van der Waals surface area (Å²) in [6.45, 7) is 1.35. The molecule has 0 atom stereocenters. The Morgan fingerprint density at radius 3 is 2.76 bits per heavy atom. The number of nitrogens with zero attached hydrogens (tertiary/aromatic N) is 1. The van der Waals surface area contributed by atoms with Gasteiger partial charge in [-0.2, -0.15) is 0 Å². The average Bonchev–Trinajstić information content (AvgIpc) is 3.27. The van der Waals surface area contributed by atoms with Crippen LogP contribution in [0.15, 0.2) is 18.2 Å². The summed E-state index contributed by atoms with van der Waals surface area (Å²) in [6, 6.07) is 4.88. The Bertz CT molecular complexity index is 529. The van der Waals surface area contributed by atoms with Crippen LogP contribution in [0, 0.1) is 10.1 Å². The third kappa shape index (κ3) is 4.42. The maximum atomic E-state index is 12.0. The first-order valence-corrected chi connectivity index (χ1v) is 7.09. The van der Waals surface area contributed by atoms with Gasteiger partial charge in [0.05, 0.1) is 4.92 Å². The molecule has 1 saturated carbocycles. The predicted molar refractivity (Wildman–Crippen MR) is 80.6 cm³/mol. The van der Waals surface area contributed by atoms with Crippen LogP contribution in [-0.4, -0.2) is 37.0 Å². The van der Waals surface area contributed by atoms with Crippen molar-refractivity contribution in [1.82, 2.24) is 10.6 Å². The number of carbonyl (C=O) groups is 1. The highest BCUT2D eigenvalue weighted by molar-refractivity contribution is 5.95. The van der Waals surface area contributed by atoms with Gasteiger partial charge in [-0.25, -0.2) is 0 Å². The molecular weight excluding hydrogens is 272 g/mol. The highest BCUT2D eigenvalue weighted by atomic mass is 16.6. The molecule has 0 saturated heterocycles. The van der Waals surface area contributed by atoms with Crippen LogP contribution < -0.4 is 16.0 Å². The summed E-state index contributed by atoms with van der Waals surface area (Å²) in [5.74, 6) is -0.285. The van der Waals surface area contributed by atoms with Crippen LogP contribution in [-0.2, 0) is 0 Å². The van der Waals surface area contributed by atoms with Crippen molar-refractivity contribution in [3.63, 3.8) is 0 Å². The van der Waals surface area contributed by atoms with Crippen LogP contribution in [0.5, 0.6) is 0 Å². The highest BCUT2D eigenvalue weighted by Gasteiger charge is 2.25. The van der Waals surface area contributed by atoms with Gasteiger partial charge in [0, 0.05) is 24.2 Å². The molecule has 0 heterocycles. The van der Waals surface area contributed by atoms with Crippen molar-refractivity contribution in [2.75, 3.05) is 25.5 Å². The van der Waals surface area contributed by atoms with Gasteiger partial charge in [0.2, 0.25) is 0 Å². The van der Waals surface area contributed by atoms with E-state index in [1.165, 1.54) is 6.07 Å². The van der Waals surface area contributed by atoms with Gasteiger partial charge in [-0.15, -0.1) is 0 Å². The lowest BCUT2D eigenvalue weighted by Gasteiger charge is -2.08. The average molecular weight is 292 g/mol. The summed E-state index contributed by atoms with van der Waals surface area (Å²) in [5, 5.41) is 20.0. The number of hydrogen-bond acceptors (Lipinski definition) is 5. The van der Waals surface area contributed by atoms with E-state index in [0.29, 0.717) is 23.8 Å². The van der Waals surface area contributed by atoms with E-state index in [1.807, 2.05) is 7.05 Å². The van der Waals surface area contributed by atoms with Crippen molar-refractivity contribution in [3.8, 4) is 0 Å². The molecule has 0 unspecified atom stereocenters. The molecule has 0 aromatic heterocycles. The first-order chi connectivity index (χ1) is 10.1. The minimum absolute atomic E-state index is 0.0511. The molecule has 7 heteroatoms. The van der Waals surface area contributed by atoms with Gasteiger partial charge in [0.15, 0.2) is 0 Å². The molecule has 0 aliphatic heterocycles. The summed E-state index contributed by atoms with van der Waals surface area (Å²) in [5.41, 5.74) is 0.742. The largest absolute Gasteiger partial charge is 0.377 e. The second-order valence-corrected chi connectivity index (χ2v) is 5.12. The first-order valence-electron chi connectivity index (χ1n) is 7.09. The van der Waals surface area contributed by atoms with Crippen molar-refractivity contribution >= 4 is 17.3 Å². The normalized spacial score (nSPS) is 13.8. The Balaban J connectivity index is 2.03.